The fraction of sp³-hybridized carbons (Fsp3) is 1.00. The first-order valence-corrected chi connectivity index (χ1v) is 8.49. The van der Waals surface area contributed by atoms with Crippen LogP contribution < -0.4 is 5.32 Å². The first kappa shape index (κ1) is 16.9. The molecule has 3 atom stereocenters. The van der Waals surface area contributed by atoms with Crippen LogP contribution in [0.15, 0.2) is 0 Å². The molecule has 0 saturated heterocycles. The van der Waals surface area contributed by atoms with Crippen molar-refractivity contribution in [3.8, 4) is 0 Å². The lowest BCUT2D eigenvalue weighted by Crippen LogP contribution is -2.34. The minimum atomic E-state index is -2.93. The summed E-state index contributed by atoms with van der Waals surface area (Å²) in [5.41, 5.74) is 0. The number of sulfone groups is 1. The van der Waals surface area contributed by atoms with Crippen LogP contribution in [0.2, 0.25) is 0 Å². The molecular formula is C13H29NO2S. The van der Waals surface area contributed by atoms with Crippen LogP contribution in [-0.2, 0) is 9.84 Å². The van der Waals surface area contributed by atoms with Gasteiger partial charge in [-0.25, -0.2) is 8.42 Å². The summed E-state index contributed by atoms with van der Waals surface area (Å²) in [6, 6.07) is 0.275. The second-order valence-electron chi connectivity index (χ2n) is 5.24. The molecule has 3 unspecified atom stereocenters. The molecule has 1 N–H and O–H groups in total. The van der Waals surface area contributed by atoms with Crippen molar-refractivity contribution in [2.45, 2.75) is 65.2 Å². The molecule has 0 heterocycles. The van der Waals surface area contributed by atoms with Gasteiger partial charge in [0.05, 0.1) is 11.0 Å². The summed E-state index contributed by atoms with van der Waals surface area (Å²) < 4.78 is 24.2. The maximum atomic E-state index is 12.1. The molecule has 4 heteroatoms. The van der Waals surface area contributed by atoms with Crippen molar-refractivity contribution in [1.29, 1.82) is 0 Å². The van der Waals surface area contributed by atoms with E-state index >= 15 is 0 Å². The predicted molar refractivity (Wildman–Crippen MR) is 75.1 cm³/mol. The molecule has 0 aromatic rings. The number of hydrogen-bond donors (Lipinski definition) is 1. The van der Waals surface area contributed by atoms with Gasteiger partial charge < -0.3 is 5.32 Å². The second-order valence-corrected chi connectivity index (χ2v) is 7.71. The van der Waals surface area contributed by atoms with Gasteiger partial charge in [0.15, 0.2) is 9.84 Å². The highest BCUT2D eigenvalue weighted by molar-refractivity contribution is 7.92. The van der Waals surface area contributed by atoms with Gasteiger partial charge in [0.25, 0.3) is 0 Å². The predicted octanol–water partition coefficient (Wildman–Crippen LogP) is 2.61. The van der Waals surface area contributed by atoms with E-state index in [0.717, 1.165) is 19.4 Å². The molecule has 0 aliphatic carbocycles. The Balaban J connectivity index is 4.24. The highest BCUT2D eigenvalue weighted by Gasteiger charge is 2.24. The molecule has 0 saturated carbocycles. The average Bonchev–Trinajstić information content (AvgIpc) is 2.25. The molecule has 0 spiro atoms. The van der Waals surface area contributed by atoms with Crippen LogP contribution in [0.1, 0.15) is 53.9 Å². The van der Waals surface area contributed by atoms with Crippen LogP contribution in [0.3, 0.4) is 0 Å². The zero-order valence-corrected chi connectivity index (χ0v) is 12.8. The Morgan fingerprint density at radius 2 is 1.71 bits per heavy atom. The number of rotatable bonds is 9. The Morgan fingerprint density at radius 3 is 2.18 bits per heavy atom. The van der Waals surface area contributed by atoms with E-state index in [2.05, 4.69) is 19.2 Å². The monoisotopic (exact) mass is 263 g/mol. The van der Waals surface area contributed by atoms with Gasteiger partial charge in [-0.05, 0) is 39.2 Å². The van der Waals surface area contributed by atoms with Gasteiger partial charge in [0.2, 0.25) is 0 Å². The summed E-state index contributed by atoms with van der Waals surface area (Å²) in [6.45, 7) is 11.0. The van der Waals surface area contributed by atoms with E-state index in [1.54, 1.807) is 0 Å². The van der Waals surface area contributed by atoms with Crippen LogP contribution in [0.5, 0.6) is 0 Å². The third-order valence-electron chi connectivity index (χ3n) is 3.26. The Kier molecular flexibility index (Phi) is 8.05. The zero-order valence-electron chi connectivity index (χ0n) is 12.0. The number of nitrogens with one attached hydrogen (secondary N) is 1. The molecule has 0 rings (SSSR count). The molecule has 104 valence electrons. The van der Waals surface area contributed by atoms with Gasteiger partial charge in [0.1, 0.15) is 0 Å². The molecular weight excluding hydrogens is 234 g/mol. The van der Waals surface area contributed by atoms with E-state index in [0.29, 0.717) is 12.2 Å². The smallest absolute Gasteiger partial charge is 0.153 e. The SMILES string of the molecule is CCCNC(C)CC(C)S(=O)(=O)CC(C)CC. The lowest BCUT2D eigenvalue weighted by Gasteiger charge is -2.20. The van der Waals surface area contributed by atoms with Gasteiger partial charge in [-0.1, -0.05) is 27.2 Å². The van der Waals surface area contributed by atoms with Gasteiger partial charge in [-0.15, -0.1) is 0 Å². The fourth-order valence-corrected chi connectivity index (χ4v) is 3.74. The molecule has 0 aromatic heterocycles. The maximum Gasteiger partial charge on any atom is 0.153 e. The molecule has 0 fully saturated rings. The second kappa shape index (κ2) is 8.09. The average molecular weight is 263 g/mol. The summed E-state index contributed by atoms with van der Waals surface area (Å²) in [6.07, 6.45) is 2.71. The fourth-order valence-electron chi connectivity index (χ4n) is 1.80. The van der Waals surface area contributed by atoms with Crippen molar-refractivity contribution < 1.29 is 8.42 Å². The molecule has 0 radical (unpaired) electrons. The normalized spacial score (nSPS) is 17.7. The Morgan fingerprint density at radius 1 is 1.12 bits per heavy atom. The third kappa shape index (κ3) is 7.04. The third-order valence-corrected chi connectivity index (χ3v) is 5.71. The quantitative estimate of drug-likeness (QED) is 0.695. The first-order valence-electron chi connectivity index (χ1n) is 6.78. The molecule has 3 nitrogen and oxygen atoms in total. The topological polar surface area (TPSA) is 46.2 Å². The molecule has 0 bridgehead atoms. The highest BCUT2D eigenvalue weighted by atomic mass is 32.2. The van der Waals surface area contributed by atoms with Gasteiger partial charge >= 0.3 is 0 Å². The van der Waals surface area contributed by atoms with E-state index in [4.69, 9.17) is 0 Å². The standard InChI is InChI=1S/C13H29NO2S/c1-6-8-14-12(4)9-13(5)17(15,16)10-11(3)7-2/h11-14H,6-10H2,1-5H3. The van der Waals surface area contributed by atoms with Gasteiger partial charge in [-0.3, -0.25) is 0 Å². The van der Waals surface area contributed by atoms with E-state index < -0.39 is 9.84 Å². The van der Waals surface area contributed by atoms with Crippen molar-refractivity contribution in [3.63, 3.8) is 0 Å². The van der Waals surface area contributed by atoms with Crippen LogP contribution in [-0.4, -0.2) is 32.0 Å². The first-order chi connectivity index (χ1) is 7.83. The van der Waals surface area contributed by atoms with Crippen LogP contribution in [0.4, 0.5) is 0 Å². The van der Waals surface area contributed by atoms with Crippen LogP contribution in [0, 0.1) is 5.92 Å². The minimum Gasteiger partial charge on any atom is -0.314 e. The summed E-state index contributed by atoms with van der Waals surface area (Å²) in [4.78, 5) is 0. The molecule has 0 aromatic carbocycles. The summed E-state index contributed by atoms with van der Waals surface area (Å²) in [7, 11) is -2.93. The van der Waals surface area contributed by atoms with Gasteiger partial charge in [-0.2, -0.15) is 0 Å². The summed E-state index contributed by atoms with van der Waals surface area (Å²) >= 11 is 0. The Labute approximate surface area is 107 Å². The highest BCUT2D eigenvalue weighted by Crippen LogP contribution is 2.14. The molecule has 0 aliphatic heterocycles. The van der Waals surface area contributed by atoms with E-state index in [9.17, 15) is 8.42 Å². The molecule has 0 amide bonds. The van der Waals surface area contributed by atoms with E-state index in [1.165, 1.54) is 0 Å². The van der Waals surface area contributed by atoms with Crippen molar-refractivity contribution in [1.82, 2.24) is 5.32 Å². The van der Waals surface area contributed by atoms with Crippen LogP contribution >= 0.6 is 0 Å². The zero-order chi connectivity index (χ0) is 13.5. The minimum absolute atomic E-state index is 0.240. The van der Waals surface area contributed by atoms with E-state index in [-0.39, 0.29) is 17.2 Å². The Hall–Kier alpha value is -0.0900. The Bertz CT molecular complexity index is 288. The summed E-state index contributed by atoms with van der Waals surface area (Å²) in [5, 5.41) is 3.10. The van der Waals surface area contributed by atoms with Crippen molar-refractivity contribution >= 4 is 9.84 Å². The van der Waals surface area contributed by atoms with Crippen molar-refractivity contribution in [2.24, 2.45) is 5.92 Å². The lowest BCUT2D eigenvalue weighted by atomic mass is 10.2. The van der Waals surface area contributed by atoms with Crippen molar-refractivity contribution in [2.75, 3.05) is 12.3 Å². The maximum absolute atomic E-state index is 12.1. The van der Waals surface area contributed by atoms with Crippen molar-refractivity contribution in [3.05, 3.63) is 0 Å². The largest absolute Gasteiger partial charge is 0.314 e. The lowest BCUT2D eigenvalue weighted by molar-refractivity contribution is 0.492. The van der Waals surface area contributed by atoms with Gasteiger partial charge in [0, 0.05) is 6.04 Å². The van der Waals surface area contributed by atoms with E-state index in [1.807, 2.05) is 20.8 Å². The molecule has 0 aliphatic rings. The molecule has 17 heavy (non-hydrogen) atoms. The van der Waals surface area contributed by atoms with Crippen LogP contribution in [0.25, 0.3) is 0 Å². The summed E-state index contributed by atoms with van der Waals surface area (Å²) in [5.74, 6) is 0.590. The number of hydrogen-bond acceptors (Lipinski definition) is 3.